The highest BCUT2D eigenvalue weighted by molar-refractivity contribution is 6.09. The normalized spacial score (nSPS) is 10.4. The summed E-state index contributed by atoms with van der Waals surface area (Å²) in [6.45, 7) is 0. The van der Waals surface area contributed by atoms with Crippen LogP contribution in [0.3, 0.4) is 0 Å². The Labute approximate surface area is 356 Å². The second-order valence-electron chi connectivity index (χ2n) is 11.9. The first-order chi connectivity index (χ1) is 29.8. The lowest BCUT2D eigenvalue weighted by atomic mass is 9.91. The number of rotatable bonds is 19. The number of benzene rings is 4. The molecule has 0 aromatic heterocycles. The number of ether oxygens (including phenoxy) is 16. The van der Waals surface area contributed by atoms with Crippen molar-refractivity contribution in [1.82, 2.24) is 0 Å². The van der Waals surface area contributed by atoms with Crippen LogP contribution in [0.4, 0.5) is 0 Å². The molecule has 0 fully saturated rings. The first kappa shape index (κ1) is 47.0. The number of hydrogen-bond donors (Lipinski definition) is 0. The zero-order chi connectivity index (χ0) is 46.0. The van der Waals surface area contributed by atoms with Gasteiger partial charge in [-0.05, 0) is 0 Å². The van der Waals surface area contributed by atoms with Crippen LogP contribution in [0, 0.1) is 0 Å². The average molecular weight is 871 g/mol. The van der Waals surface area contributed by atoms with E-state index in [1.54, 1.807) is 0 Å². The minimum atomic E-state index is -0.979. The lowest BCUT2D eigenvalue weighted by Gasteiger charge is -2.25. The van der Waals surface area contributed by atoms with E-state index in [9.17, 15) is 19.2 Å². The predicted octanol–water partition coefficient (Wildman–Crippen LogP) is 6.17. The zero-order valence-corrected chi connectivity index (χ0v) is 36.5. The third-order valence-electron chi connectivity index (χ3n) is 9.08. The molecule has 0 aliphatic rings. The van der Waals surface area contributed by atoms with E-state index in [0.717, 1.165) is 28.4 Å². The molecule has 0 N–H and O–H groups in total. The van der Waals surface area contributed by atoms with Crippen molar-refractivity contribution in [3.05, 3.63) is 46.5 Å². The molecule has 20 heteroatoms. The smallest absolute Gasteiger partial charge is 0.341 e. The quantitative estimate of drug-likeness (QED) is 0.0760. The largest absolute Gasteiger partial charge is 0.493 e. The van der Waals surface area contributed by atoms with Gasteiger partial charge >= 0.3 is 23.9 Å². The van der Waals surface area contributed by atoms with Crippen molar-refractivity contribution in [2.24, 2.45) is 0 Å². The highest BCUT2D eigenvalue weighted by atomic mass is 16.6. The summed E-state index contributed by atoms with van der Waals surface area (Å²) >= 11 is 0. The molecule has 62 heavy (non-hydrogen) atoms. The minimum Gasteiger partial charge on any atom is -0.493 e. The van der Waals surface area contributed by atoms with Gasteiger partial charge in [0.15, 0.2) is 46.0 Å². The molecule has 4 rings (SSSR count). The van der Waals surface area contributed by atoms with E-state index in [-0.39, 0.29) is 114 Å². The second kappa shape index (κ2) is 20.6. The van der Waals surface area contributed by atoms with E-state index in [4.69, 9.17) is 75.8 Å². The van der Waals surface area contributed by atoms with Crippen molar-refractivity contribution < 1.29 is 95.0 Å². The third-order valence-corrected chi connectivity index (χ3v) is 9.08. The summed E-state index contributed by atoms with van der Waals surface area (Å²) in [5.41, 5.74) is -1.26. The van der Waals surface area contributed by atoms with Crippen LogP contribution in [0.15, 0.2) is 24.3 Å². The molecule has 0 unspecified atom stereocenters. The molecule has 334 valence electrons. The van der Waals surface area contributed by atoms with Gasteiger partial charge in [-0.15, -0.1) is 0 Å². The SMILES string of the molecule is COC(=O)c1cc(OC)c(OC)c(OC)c1Oc1cc(C(=O)OC)c(-c2c(C(=O)OC)cc(Oc3c(C(=O)OC)cc(OC)c(OC)c3OC)c(OC)c2OC)c(OC)c1OC. The third kappa shape index (κ3) is 8.38. The van der Waals surface area contributed by atoms with E-state index in [2.05, 4.69) is 0 Å². The van der Waals surface area contributed by atoms with Crippen LogP contribution in [-0.4, -0.2) is 123 Å². The molecule has 0 radical (unpaired) electrons. The first-order valence-corrected chi connectivity index (χ1v) is 17.8. The second-order valence-corrected chi connectivity index (χ2v) is 11.9. The van der Waals surface area contributed by atoms with Gasteiger partial charge in [0, 0.05) is 35.4 Å². The number of hydrogen-bond acceptors (Lipinski definition) is 20. The van der Waals surface area contributed by atoms with E-state index in [1.165, 1.54) is 95.4 Å². The standard InChI is InChI=1S/C42H46O20/c1-47-23-17-21(41(45)59-13)29(37(55-9)31(23)49-3)61-25-15-19(39(43)57-11)27(35(53-7)33(25)51-5)28-20(40(44)58-12)16-26(34(52-6)36(28)54-8)62-30-22(42(46)60-14)18-24(48-2)32(50-4)38(30)56-10/h15-18H,1-14H3. The number of methoxy groups -OCH3 is 14. The molecule has 0 bridgehead atoms. The zero-order valence-electron chi connectivity index (χ0n) is 36.5. The summed E-state index contributed by atoms with van der Waals surface area (Å²) in [7, 11) is 17.6. The summed E-state index contributed by atoms with van der Waals surface area (Å²) in [6, 6.07) is 5.01. The number of esters is 4. The predicted molar refractivity (Wildman–Crippen MR) is 216 cm³/mol. The highest BCUT2D eigenvalue weighted by Gasteiger charge is 2.37. The van der Waals surface area contributed by atoms with Crippen molar-refractivity contribution >= 4 is 23.9 Å². The van der Waals surface area contributed by atoms with Crippen LogP contribution in [-0.2, 0) is 18.9 Å². The monoisotopic (exact) mass is 870 g/mol. The Morgan fingerprint density at radius 2 is 0.516 bits per heavy atom. The van der Waals surface area contributed by atoms with Gasteiger partial charge in [0.1, 0.15) is 11.1 Å². The molecule has 0 amide bonds. The average Bonchev–Trinajstić information content (AvgIpc) is 3.30. The van der Waals surface area contributed by atoms with E-state index < -0.39 is 23.9 Å². The van der Waals surface area contributed by atoms with Gasteiger partial charge in [-0.2, -0.15) is 0 Å². The Hall–Kier alpha value is -7.64. The van der Waals surface area contributed by atoms with Gasteiger partial charge in [-0.1, -0.05) is 0 Å². The fourth-order valence-electron chi connectivity index (χ4n) is 6.40. The molecule has 4 aromatic rings. The maximum Gasteiger partial charge on any atom is 0.341 e. The highest BCUT2D eigenvalue weighted by Crippen LogP contribution is 2.58. The number of carbonyl (C=O) groups is 4. The Kier molecular flexibility index (Phi) is 15.6. The Balaban J connectivity index is 2.21. The van der Waals surface area contributed by atoms with Crippen LogP contribution in [0.1, 0.15) is 41.4 Å². The molecule has 0 atom stereocenters. The van der Waals surface area contributed by atoms with Gasteiger partial charge in [-0.3, -0.25) is 0 Å². The van der Waals surface area contributed by atoms with Crippen molar-refractivity contribution in [2.75, 3.05) is 99.5 Å². The molecule has 0 saturated carbocycles. The summed E-state index contributed by atoms with van der Waals surface area (Å²) in [5, 5.41) is 0. The molecule has 0 heterocycles. The van der Waals surface area contributed by atoms with E-state index >= 15 is 0 Å². The maximum absolute atomic E-state index is 13.9. The topological polar surface area (TPSA) is 216 Å². The van der Waals surface area contributed by atoms with Crippen LogP contribution in [0.2, 0.25) is 0 Å². The molecule has 4 aromatic carbocycles. The van der Waals surface area contributed by atoms with Gasteiger partial charge in [0.05, 0.1) is 111 Å². The van der Waals surface area contributed by atoms with Crippen molar-refractivity contribution in [2.45, 2.75) is 0 Å². The summed E-state index contributed by atoms with van der Waals surface area (Å²) in [5.74, 6) is -5.36. The summed E-state index contributed by atoms with van der Waals surface area (Å²) in [6.07, 6.45) is 0. The van der Waals surface area contributed by atoms with Crippen molar-refractivity contribution in [3.63, 3.8) is 0 Å². The molecule has 0 aliphatic heterocycles. The Morgan fingerprint density at radius 3 is 0.758 bits per heavy atom. The Morgan fingerprint density at radius 1 is 0.274 bits per heavy atom. The van der Waals surface area contributed by atoms with Crippen LogP contribution in [0.5, 0.6) is 80.5 Å². The number of carbonyl (C=O) groups excluding carboxylic acids is 4. The Bertz CT molecular complexity index is 2190. The molecule has 0 aliphatic carbocycles. The fraction of sp³-hybridized carbons (Fsp3) is 0.333. The molecule has 0 spiro atoms. The maximum atomic E-state index is 13.9. The van der Waals surface area contributed by atoms with E-state index in [0.29, 0.717) is 0 Å². The fourth-order valence-corrected chi connectivity index (χ4v) is 6.40. The lowest BCUT2D eigenvalue weighted by molar-refractivity contribution is 0.0586. The van der Waals surface area contributed by atoms with Gasteiger partial charge in [0.2, 0.25) is 34.5 Å². The minimum absolute atomic E-state index is 0.0414. The van der Waals surface area contributed by atoms with Gasteiger partial charge < -0.3 is 75.8 Å². The van der Waals surface area contributed by atoms with Gasteiger partial charge in [0.25, 0.3) is 0 Å². The van der Waals surface area contributed by atoms with Gasteiger partial charge in [-0.25, -0.2) is 19.2 Å². The van der Waals surface area contributed by atoms with Crippen molar-refractivity contribution in [3.8, 4) is 91.6 Å². The first-order valence-electron chi connectivity index (χ1n) is 17.8. The lowest BCUT2D eigenvalue weighted by Crippen LogP contribution is -2.13. The van der Waals surface area contributed by atoms with Crippen molar-refractivity contribution in [1.29, 1.82) is 0 Å². The molecule has 20 nitrogen and oxygen atoms in total. The van der Waals surface area contributed by atoms with Crippen LogP contribution < -0.4 is 56.8 Å². The summed E-state index contributed by atoms with van der Waals surface area (Å²) in [4.78, 5) is 54.2. The van der Waals surface area contributed by atoms with Crippen LogP contribution in [0.25, 0.3) is 11.1 Å². The molecular formula is C42H46O20. The van der Waals surface area contributed by atoms with E-state index in [1.807, 2.05) is 0 Å². The summed E-state index contributed by atoms with van der Waals surface area (Å²) < 4.78 is 89.9. The molecule has 0 saturated heterocycles. The van der Waals surface area contributed by atoms with Crippen LogP contribution >= 0.6 is 0 Å². The molecular weight excluding hydrogens is 824 g/mol.